The third-order valence-electron chi connectivity index (χ3n) is 6.35. The van der Waals surface area contributed by atoms with Crippen LogP contribution in [0.5, 0.6) is 0 Å². The number of Topliss-reactive ketones (excluding diaryl/α,β-unsaturated/α-hetero) is 1. The largest absolute Gasteiger partial charge is 0.410 e. The summed E-state index contributed by atoms with van der Waals surface area (Å²) in [5.41, 5.74) is 4.61. The minimum absolute atomic E-state index is 0.00511. The van der Waals surface area contributed by atoms with Gasteiger partial charge in [0.05, 0.1) is 18.2 Å². The number of carbonyl (C=O) groups excluding carboxylic acids is 1. The molecule has 0 amide bonds. The highest BCUT2D eigenvalue weighted by molar-refractivity contribution is 5.96. The molecule has 9 nitrogen and oxygen atoms in total. The number of ketones is 1. The number of rotatable bonds is 4. The number of nitrogen functional groups attached to an aromatic ring is 1. The number of hydrogen-bond acceptors (Lipinski definition) is 8. The van der Waals surface area contributed by atoms with Gasteiger partial charge in [-0.3, -0.25) is 19.2 Å². The van der Waals surface area contributed by atoms with E-state index in [1.807, 2.05) is 0 Å². The number of nitrogens with zero attached hydrogens (tertiary/aromatic N) is 5. The van der Waals surface area contributed by atoms with Crippen LogP contribution in [-0.4, -0.2) is 62.3 Å². The molecule has 32 heavy (non-hydrogen) atoms. The molecule has 3 atom stereocenters. The maximum Gasteiger partial charge on any atom is 0.410 e. The van der Waals surface area contributed by atoms with E-state index in [1.165, 1.54) is 29.1 Å². The lowest BCUT2D eigenvalue weighted by molar-refractivity contribution is -0.166. The van der Waals surface area contributed by atoms with Crippen molar-refractivity contribution in [1.29, 1.82) is 0 Å². The summed E-state index contributed by atoms with van der Waals surface area (Å²) in [5, 5.41) is 2.67. The molecular weight excluding hydrogens is 429 g/mol. The SMILES string of the molecule is Nc1ccc(C(=O)CC23CC(CO2)N(N2c4nccc(=O)n4CC[C@H]2C(F)(F)F)C3)cn1. The van der Waals surface area contributed by atoms with Crippen molar-refractivity contribution in [2.75, 3.05) is 23.9 Å². The van der Waals surface area contributed by atoms with E-state index >= 15 is 0 Å². The highest BCUT2D eigenvalue weighted by Crippen LogP contribution is 2.45. The van der Waals surface area contributed by atoms with Gasteiger partial charge in [-0.2, -0.15) is 13.2 Å². The third-order valence-corrected chi connectivity index (χ3v) is 6.35. The molecule has 2 unspecified atom stereocenters. The summed E-state index contributed by atoms with van der Waals surface area (Å²) in [7, 11) is 0. The number of anilines is 2. The van der Waals surface area contributed by atoms with Gasteiger partial charge in [0.1, 0.15) is 11.9 Å². The van der Waals surface area contributed by atoms with E-state index in [-0.39, 0.29) is 56.1 Å². The molecule has 3 aliphatic rings. The minimum Gasteiger partial charge on any atom is -0.384 e. The van der Waals surface area contributed by atoms with Crippen LogP contribution in [0.2, 0.25) is 0 Å². The summed E-state index contributed by atoms with van der Waals surface area (Å²) in [6.07, 6.45) is -1.78. The van der Waals surface area contributed by atoms with Gasteiger partial charge in [-0.1, -0.05) is 0 Å². The Bertz CT molecular complexity index is 1100. The highest BCUT2D eigenvalue weighted by Gasteiger charge is 2.58. The smallest absolute Gasteiger partial charge is 0.384 e. The van der Waals surface area contributed by atoms with Crippen LogP contribution in [0, 0.1) is 0 Å². The third kappa shape index (κ3) is 3.43. The zero-order chi connectivity index (χ0) is 22.7. The van der Waals surface area contributed by atoms with Crippen molar-refractivity contribution in [3.8, 4) is 0 Å². The van der Waals surface area contributed by atoms with E-state index in [2.05, 4.69) is 9.97 Å². The number of fused-ring (bicyclic) bond motifs is 3. The van der Waals surface area contributed by atoms with Crippen LogP contribution in [-0.2, 0) is 11.3 Å². The number of hydrogen-bond donors (Lipinski definition) is 1. The van der Waals surface area contributed by atoms with Crippen molar-refractivity contribution in [3.63, 3.8) is 0 Å². The van der Waals surface area contributed by atoms with Gasteiger partial charge in [-0.05, 0) is 25.0 Å². The normalized spacial score (nSPS) is 27.5. The highest BCUT2D eigenvalue weighted by atomic mass is 19.4. The van der Waals surface area contributed by atoms with Gasteiger partial charge in [0.15, 0.2) is 5.78 Å². The Morgan fingerprint density at radius 3 is 2.81 bits per heavy atom. The molecule has 5 heterocycles. The quantitative estimate of drug-likeness (QED) is 0.697. The number of carbonyl (C=O) groups is 1. The van der Waals surface area contributed by atoms with Crippen LogP contribution in [0.25, 0.3) is 0 Å². The Morgan fingerprint density at radius 1 is 1.28 bits per heavy atom. The predicted octanol–water partition coefficient (Wildman–Crippen LogP) is 1.39. The van der Waals surface area contributed by atoms with E-state index < -0.39 is 23.4 Å². The number of halogens is 3. The van der Waals surface area contributed by atoms with Gasteiger partial charge in [0, 0.05) is 43.5 Å². The molecule has 2 N–H and O–H groups in total. The fraction of sp³-hybridized carbons (Fsp3) is 0.500. The van der Waals surface area contributed by atoms with Gasteiger partial charge < -0.3 is 10.5 Å². The Kier molecular flexibility index (Phi) is 4.75. The molecule has 0 spiro atoms. The molecule has 2 aromatic heterocycles. The minimum atomic E-state index is -4.51. The molecule has 0 aliphatic carbocycles. The van der Waals surface area contributed by atoms with Crippen molar-refractivity contribution in [3.05, 3.63) is 46.5 Å². The molecule has 0 aromatic carbocycles. The summed E-state index contributed by atoms with van der Waals surface area (Å²) in [4.78, 5) is 33.1. The van der Waals surface area contributed by atoms with Crippen molar-refractivity contribution in [1.82, 2.24) is 19.5 Å². The van der Waals surface area contributed by atoms with Crippen LogP contribution < -0.4 is 16.3 Å². The second-order valence-corrected chi connectivity index (χ2v) is 8.45. The lowest BCUT2D eigenvalue weighted by atomic mass is 9.93. The maximum absolute atomic E-state index is 14.0. The summed E-state index contributed by atoms with van der Waals surface area (Å²) < 4.78 is 49.0. The zero-order valence-corrected chi connectivity index (χ0v) is 17.0. The van der Waals surface area contributed by atoms with E-state index in [0.717, 1.165) is 5.01 Å². The summed E-state index contributed by atoms with van der Waals surface area (Å²) in [5.74, 6) is 0.0252. The first-order valence-corrected chi connectivity index (χ1v) is 10.2. The zero-order valence-electron chi connectivity index (χ0n) is 17.0. The average molecular weight is 450 g/mol. The van der Waals surface area contributed by atoms with E-state index in [4.69, 9.17) is 10.5 Å². The van der Waals surface area contributed by atoms with Gasteiger partial charge in [-0.25, -0.2) is 15.0 Å². The Hall–Kier alpha value is -2.99. The molecule has 170 valence electrons. The number of aromatic nitrogens is 3. The van der Waals surface area contributed by atoms with Gasteiger partial charge >= 0.3 is 6.18 Å². The van der Waals surface area contributed by atoms with Crippen molar-refractivity contribution >= 4 is 17.5 Å². The molecule has 12 heteroatoms. The van der Waals surface area contributed by atoms with Gasteiger partial charge in [0.25, 0.3) is 5.56 Å². The first kappa shape index (κ1) is 20.9. The van der Waals surface area contributed by atoms with E-state index in [0.29, 0.717) is 12.0 Å². The number of alkyl halides is 3. The van der Waals surface area contributed by atoms with E-state index in [9.17, 15) is 22.8 Å². The Morgan fingerprint density at radius 2 is 2.09 bits per heavy atom. The molecule has 2 saturated heterocycles. The Labute approximate surface area is 180 Å². The average Bonchev–Trinajstić information content (AvgIpc) is 3.31. The molecule has 2 aromatic rings. The summed E-state index contributed by atoms with van der Waals surface area (Å²) in [6, 6.07) is 2.14. The summed E-state index contributed by atoms with van der Waals surface area (Å²) >= 11 is 0. The second kappa shape index (κ2) is 7.27. The molecule has 0 radical (unpaired) electrons. The number of nitrogens with two attached hydrogens (primary N) is 1. The van der Waals surface area contributed by atoms with Crippen molar-refractivity contribution in [2.24, 2.45) is 0 Å². The lowest BCUT2D eigenvalue weighted by Crippen LogP contribution is -2.63. The van der Waals surface area contributed by atoms with Crippen molar-refractivity contribution in [2.45, 2.75) is 49.7 Å². The van der Waals surface area contributed by atoms with Crippen LogP contribution in [0.4, 0.5) is 24.9 Å². The summed E-state index contributed by atoms with van der Waals surface area (Å²) in [6.45, 7) is 0.208. The van der Waals surface area contributed by atoms with Crippen LogP contribution in [0.3, 0.4) is 0 Å². The molecule has 2 fully saturated rings. The maximum atomic E-state index is 14.0. The van der Waals surface area contributed by atoms with Crippen molar-refractivity contribution < 1.29 is 22.7 Å². The molecule has 5 rings (SSSR count). The molecular formula is C20H21F3N6O3. The molecule has 2 bridgehead atoms. The molecule has 3 aliphatic heterocycles. The fourth-order valence-corrected chi connectivity index (χ4v) is 4.87. The number of morpholine rings is 1. The van der Waals surface area contributed by atoms with Gasteiger partial charge in [-0.15, -0.1) is 0 Å². The van der Waals surface area contributed by atoms with E-state index in [1.54, 1.807) is 11.1 Å². The second-order valence-electron chi connectivity index (χ2n) is 8.45. The lowest BCUT2D eigenvalue weighted by Gasteiger charge is -2.47. The monoisotopic (exact) mass is 450 g/mol. The Balaban J connectivity index is 1.45. The van der Waals surface area contributed by atoms with Gasteiger partial charge in [0.2, 0.25) is 5.95 Å². The molecule has 0 saturated carbocycles. The number of ether oxygens (including phenoxy) is 1. The topological polar surface area (TPSA) is 107 Å². The van der Waals surface area contributed by atoms with Crippen LogP contribution in [0.15, 0.2) is 35.4 Å². The first-order chi connectivity index (χ1) is 15.2. The van der Waals surface area contributed by atoms with Crippen LogP contribution in [0.1, 0.15) is 29.6 Å². The standard InChI is InChI=1S/C20H21F3N6O3/c21-20(22,23)15-4-6-27-17(31)3-5-25-18(27)29(15)28-11-19(7-13(28)10-32-19)8-14(30)12-1-2-16(24)26-9-12/h1-3,5,9,13,15H,4,6-8,10-11H2,(H2,24,26)/t13?,15-,19?/m0/s1. The first-order valence-electron chi connectivity index (χ1n) is 10.2. The number of hydrazine groups is 1. The number of pyridine rings is 1. The van der Waals surface area contributed by atoms with Crippen LogP contribution >= 0.6 is 0 Å². The fourth-order valence-electron chi connectivity index (χ4n) is 4.87. The predicted molar refractivity (Wildman–Crippen MR) is 107 cm³/mol.